The van der Waals surface area contributed by atoms with Gasteiger partial charge >= 0.3 is 6.09 Å². The monoisotopic (exact) mass is 559 g/mol. The van der Waals surface area contributed by atoms with Crippen molar-refractivity contribution in [2.75, 3.05) is 56.0 Å². The molecule has 9 nitrogen and oxygen atoms in total. The number of carbonyl (C=O) groups is 2. The Morgan fingerprint density at radius 3 is 2.39 bits per heavy atom. The van der Waals surface area contributed by atoms with E-state index in [4.69, 9.17) is 9.72 Å². The number of carbonyl (C=O) groups excluding carboxylic acids is 2. The molecule has 0 saturated carbocycles. The molecule has 218 valence electrons. The van der Waals surface area contributed by atoms with Crippen LogP contribution in [0.15, 0.2) is 48.5 Å². The lowest BCUT2D eigenvalue weighted by Gasteiger charge is -2.36. The molecule has 0 aliphatic carbocycles. The SMILES string of the molecule is Cc1cc(-c2ccc(N3CCN(C(=O)OC(C)(C)C)CC3)cc2)nc2ccc(NC(=O)CNC3CC[NH2+]CC3)cc12. The molecule has 3 aromatic rings. The quantitative estimate of drug-likeness (QED) is 0.427. The molecule has 0 unspecified atom stereocenters. The number of anilines is 2. The zero-order chi connectivity index (χ0) is 29.0. The number of nitrogens with one attached hydrogen (secondary N) is 2. The number of pyridine rings is 1. The second-order valence-electron chi connectivity index (χ2n) is 12.1. The summed E-state index contributed by atoms with van der Waals surface area (Å²) in [5.74, 6) is -0.0209. The summed E-state index contributed by atoms with van der Waals surface area (Å²) in [4.78, 5) is 33.9. The standard InChI is InChI=1S/C32H42N6O3/c1-22-19-29(23-5-8-26(9-6-23)37-15-17-38(18-16-37)31(40)41-32(2,3)4)36-28-10-7-25(20-27(22)28)35-30(39)21-34-24-11-13-33-14-12-24/h5-10,19-20,24,33-34H,11-18,21H2,1-4H3,(H,35,39)/p+1. The van der Waals surface area contributed by atoms with Crippen molar-refractivity contribution < 1.29 is 19.6 Å². The van der Waals surface area contributed by atoms with Gasteiger partial charge in [-0.25, -0.2) is 9.78 Å². The van der Waals surface area contributed by atoms with E-state index in [0.717, 1.165) is 78.1 Å². The number of aromatic nitrogens is 1. The third-order valence-corrected chi connectivity index (χ3v) is 7.75. The molecule has 3 heterocycles. The summed E-state index contributed by atoms with van der Waals surface area (Å²) in [7, 11) is 0. The summed E-state index contributed by atoms with van der Waals surface area (Å²) < 4.78 is 5.52. The van der Waals surface area contributed by atoms with Crippen LogP contribution in [0, 0.1) is 6.92 Å². The molecule has 5 rings (SSSR count). The van der Waals surface area contributed by atoms with Gasteiger partial charge < -0.3 is 30.5 Å². The fourth-order valence-electron chi connectivity index (χ4n) is 5.51. The molecule has 2 fully saturated rings. The number of benzene rings is 2. The summed E-state index contributed by atoms with van der Waals surface area (Å²) in [6, 6.07) is 16.9. The highest BCUT2D eigenvalue weighted by Gasteiger charge is 2.26. The fourth-order valence-corrected chi connectivity index (χ4v) is 5.51. The van der Waals surface area contributed by atoms with Gasteiger partial charge in [0.15, 0.2) is 0 Å². The number of hydrogen-bond acceptors (Lipinski definition) is 6. The van der Waals surface area contributed by atoms with Gasteiger partial charge in [-0.1, -0.05) is 12.1 Å². The predicted molar refractivity (Wildman–Crippen MR) is 163 cm³/mol. The lowest BCUT2D eigenvalue weighted by molar-refractivity contribution is -0.663. The molecule has 0 radical (unpaired) electrons. The van der Waals surface area contributed by atoms with Crippen molar-refractivity contribution in [2.24, 2.45) is 0 Å². The molecule has 4 N–H and O–H groups in total. The van der Waals surface area contributed by atoms with Crippen LogP contribution in [0.2, 0.25) is 0 Å². The van der Waals surface area contributed by atoms with Crippen LogP contribution in [0.5, 0.6) is 0 Å². The van der Waals surface area contributed by atoms with Crippen LogP contribution in [0.4, 0.5) is 16.2 Å². The van der Waals surface area contributed by atoms with Crippen molar-refractivity contribution in [3.63, 3.8) is 0 Å². The van der Waals surface area contributed by atoms with E-state index in [2.05, 4.69) is 58.1 Å². The number of piperazine rings is 1. The topological polar surface area (TPSA) is 103 Å². The van der Waals surface area contributed by atoms with E-state index in [9.17, 15) is 9.59 Å². The minimum absolute atomic E-state index is 0.0209. The summed E-state index contributed by atoms with van der Waals surface area (Å²) in [5.41, 5.74) is 5.41. The molecule has 41 heavy (non-hydrogen) atoms. The maximum absolute atomic E-state index is 12.5. The highest BCUT2D eigenvalue weighted by atomic mass is 16.6. The van der Waals surface area contributed by atoms with Gasteiger partial charge in [-0.3, -0.25) is 4.79 Å². The summed E-state index contributed by atoms with van der Waals surface area (Å²) in [6.07, 6.45) is 1.96. The van der Waals surface area contributed by atoms with Crippen molar-refractivity contribution in [2.45, 2.75) is 52.2 Å². The van der Waals surface area contributed by atoms with Crippen LogP contribution in [0.1, 0.15) is 39.2 Å². The van der Waals surface area contributed by atoms with E-state index >= 15 is 0 Å². The van der Waals surface area contributed by atoms with E-state index in [0.29, 0.717) is 25.7 Å². The van der Waals surface area contributed by atoms with Gasteiger partial charge in [0.1, 0.15) is 5.60 Å². The number of quaternary nitrogens is 1. The van der Waals surface area contributed by atoms with Crippen LogP contribution in [-0.2, 0) is 9.53 Å². The van der Waals surface area contributed by atoms with E-state index in [1.54, 1.807) is 4.90 Å². The average Bonchev–Trinajstić information content (AvgIpc) is 2.96. The number of piperidine rings is 1. The molecule has 2 amide bonds. The van der Waals surface area contributed by atoms with Crippen LogP contribution in [-0.4, -0.2) is 79.3 Å². The second-order valence-corrected chi connectivity index (χ2v) is 12.1. The first-order valence-electron chi connectivity index (χ1n) is 14.7. The molecular formula is C32H43N6O3+. The first-order valence-corrected chi connectivity index (χ1v) is 14.7. The predicted octanol–water partition coefficient (Wildman–Crippen LogP) is 3.52. The molecule has 2 aliphatic rings. The maximum Gasteiger partial charge on any atom is 0.410 e. The molecule has 1 aromatic heterocycles. The van der Waals surface area contributed by atoms with Gasteiger partial charge in [0.25, 0.3) is 0 Å². The fraction of sp³-hybridized carbons (Fsp3) is 0.469. The van der Waals surface area contributed by atoms with Crippen LogP contribution in [0.25, 0.3) is 22.2 Å². The summed E-state index contributed by atoms with van der Waals surface area (Å²) in [6.45, 7) is 13.1. The number of hydrogen-bond donors (Lipinski definition) is 3. The Kier molecular flexibility index (Phi) is 8.75. The molecule has 0 spiro atoms. The lowest BCUT2D eigenvalue weighted by atomic mass is 10.0. The summed E-state index contributed by atoms with van der Waals surface area (Å²) in [5, 5.41) is 9.77. The van der Waals surface area contributed by atoms with Crippen molar-refractivity contribution in [3.05, 3.63) is 54.1 Å². The van der Waals surface area contributed by atoms with Crippen molar-refractivity contribution >= 4 is 34.3 Å². The molecular weight excluding hydrogens is 516 g/mol. The first-order chi connectivity index (χ1) is 19.6. The average molecular weight is 560 g/mol. The Balaban J connectivity index is 1.19. The number of nitrogens with two attached hydrogens (primary N) is 1. The maximum atomic E-state index is 12.5. The molecule has 2 aliphatic heterocycles. The Labute approximate surface area is 242 Å². The van der Waals surface area contributed by atoms with E-state index in [1.165, 1.54) is 0 Å². The van der Waals surface area contributed by atoms with Gasteiger partial charge in [-0.05, 0) is 69.7 Å². The molecule has 2 saturated heterocycles. The Bertz CT molecular complexity index is 1370. The first kappa shape index (κ1) is 28.8. The number of aryl methyl sites for hydroxylation is 1. The van der Waals surface area contributed by atoms with Crippen molar-refractivity contribution in [3.8, 4) is 11.3 Å². The molecule has 9 heteroatoms. The zero-order valence-corrected chi connectivity index (χ0v) is 24.7. The van der Waals surface area contributed by atoms with Gasteiger partial charge in [0, 0.05) is 67.4 Å². The van der Waals surface area contributed by atoms with Gasteiger partial charge in [0.05, 0.1) is 30.8 Å². The lowest BCUT2D eigenvalue weighted by Crippen LogP contribution is -2.87. The number of rotatable bonds is 6. The number of nitrogens with zero attached hydrogens (tertiary/aromatic N) is 3. The third kappa shape index (κ3) is 7.54. The Morgan fingerprint density at radius 2 is 1.71 bits per heavy atom. The Morgan fingerprint density at radius 1 is 1.00 bits per heavy atom. The smallest absolute Gasteiger partial charge is 0.410 e. The highest BCUT2D eigenvalue weighted by molar-refractivity contribution is 5.96. The molecule has 0 bridgehead atoms. The minimum atomic E-state index is -0.484. The largest absolute Gasteiger partial charge is 0.444 e. The second kappa shape index (κ2) is 12.4. The van der Waals surface area contributed by atoms with Gasteiger partial charge in [-0.15, -0.1) is 0 Å². The normalized spacial score (nSPS) is 16.6. The summed E-state index contributed by atoms with van der Waals surface area (Å²) >= 11 is 0. The van der Waals surface area contributed by atoms with Crippen LogP contribution < -0.4 is 20.9 Å². The Hall–Kier alpha value is -3.69. The zero-order valence-electron chi connectivity index (χ0n) is 24.7. The van der Waals surface area contributed by atoms with Crippen molar-refractivity contribution in [1.29, 1.82) is 0 Å². The molecule has 2 aromatic carbocycles. The third-order valence-electron chi connectivity index (χ3n) is 7.75. The number of amides is 2. The van der Waals surface area contributed by atoms with Crippen LogP contribution >= 0.6 is 0 Å². The van der Waals surface area contributed by atoms with Crippen LogP contribution in [0.3, 0.4) is 0 Å². The van der Waals surface area contributed by atoms with E-state index in [-0.39, 0.29) is 12.0 Å². The number of fused-ring (bicyclic) bond motifs is 1. The highest BCUT2D eigenvalue weighted by Crippen LogP contribution is 2.28. The van der Waals surface area contributed by atoms with Gasteiger partial charge in [0.2, 0.25) is 5.91 Å². The van der Waals surface area contributed by atoms with E-state index in [1.807, 2.05) is 39.0 Å². The van der Waals surface area contributed by atoms with Gasteiger partial charge in [-0.2, -0.15) is 0 Å². The molecule has 0 atom stereocenters. The van der Waals surface area contributed by atoms with Crippen molar-refractivity contribution in [1.82, 2.24) is 15.2 Å². The number of ether oxygens (including phenoxy) is 1. The van der Waals surface area contributed by atoms with E-state index < -0.39 is 5.60 Å². The minimum Gasteiger partial charge on any atom is -0.444 e.